The van der Waals surface area contributed by atoms with Gasteiger partial charge in [0.1, 0.15) is 0 Å². The summed E-state index contributed by atoms with van der Waals surface area (Å²) in [6.45, 7) is 0. The van der Waals surface area contributed by atoms with E-state index >= 15 is 0 Å². The third-order valence-corrected chi connectivity index (χ3v) is 3.88. The maximum atomic E-state index is 12.0. The second-order valence-corrected chi connectivity index (χ2v) is 4.85. The Morgan fingerprint density at radius 1 is 0.933 bits per heavy atom. The molecule has 0 bridgehead atoms. The lowest BCUT2D eigenvalue weighted by atomic mass is 10.1. The summed E-state index contributed by atoms with van der Waals surface area (Å²) in [6, 6.07) is 9.78. The van der Waals surface area contributed by atoms with E-state index in [1.54, 1.807) is 11.8 Å². The van der Waals surface area contributed by atoms with Crippen molar-refractivity contribution in [2.75, 3.05) is 12.5 Å². The zero-order chi connectivity index (χ0) is 10.8. The lowest BCUT2D eigenvalue weighted by molar-refractivity contribution is 0.350. The molecule has 2 rings (SSSR count). The third kappa shape index (κ3) is 1.82. The van der Waals surface area contributed by atoms with E-state index in [4.69, 9.17) is 0 Å². The minimum atomic E-state index is 0.149. The molecule has 0 aliphatic heterocycles. The summed E-state index contributed by atoms with van der Waals surface area (Å²) in [5.41, 5.74) is 0. The minimum Gasteiger partial charge on any atom is -0.288 e. The van der Waals surface area contributed by atoms with Gasteiger partial charge >= 0.3 is 0 Å². The molecule has 3 heteroatoms. The lowest BCUT2D eigenvalue weighted by Crippen LogP contribution is -1.81. The van der Waals surface area contributed by atoms with Gasteiger partial charge in [-0.3, -0.25) is 5.11 Å². The van der Waals surface area contributed by atoms with Crippen LogP contribution < -0.4 is 0 Å². The van der Waals surface area contributed by atoms with Crippen molar-refractivity contribution < 1.29 is 5.11 Å². The monoisotopic (exact) mass is 235 g/mol. The van der Waals surface area contributed by atoms with E-state index in [9.17, 15) is 5.11 Å². The first-order chi connectivity index (χ1) is 7.27. The van der Waals surface area contributed by atoms with E-state index < -0.39 is 0 Å². The molecule has 0 aliphatic carbocycles. The fraction of sp³-hybridized carbons (Fsp3) is 0.167. The van der Waals surface area contributed by atoms with Crippen molar-refractivity contribution in [1.29, 1.82) is 0 Å². The van der Waals surface area contributed by atoms with Gasteiger partial charge in [-0.2, -0.15) is 0 Å². The normalized spacial score (nSPS) is 10.8. The first kappa shape index (κ1) is 10.7. The second kappa shape index (κ2) is 4.37. The quantitative estimate of drug-likeness (QED) is 0.718. The first-order valence-corrected chi connectivity index (χ1v) is 7.03. The Labute approximate surface area is 97.9 Å². The molecular formula is C12H11OS2. The summed E-state index contributed by atoms with van der Waals surface area (Å²) < 4.78 is 0. The molecule has 77 valence electrons. The molecule has 0 spiro atoms. The van der Waals surface area contributed by atoms with Crippen LogP contribution >= 0.6 is 23.5 Å². The standard InChI is InChI=1S/C12H11OS2/c1-14-10-7-11(15-2)12(13)9-6-4-3-5-8(9)10/h3-7H,1-2H3. The van der Waals surface area contributed by atoms with Gasteiger partial charge < -0.3 is 0 Å². The van der Waals surface area contributed by atoms with Crippen LogP contribution in [0.4, 0.5) is 0 Å². The van der Waals surface area contributed by atoms with Gasteiger partial charge in [-0.1, -0.05) is 24.3 Å². The first-order valence-electron chi connectivity index (χ1n) is 4.58. The van der Waals surface area contributed by atoms with Crippen molar-refractivity contribution in [3.05, 3.63) is 30.3 Å². The number of hydrogen-bond acceptors (Lipinski definition) is 2. The molecule has 0 saturated carbocycles. The molecule has 0 aromatic heterocycles. The van der Waals surface area contributed by atoms with E-state index in [1.165, 1.54) is 16.7 Å². The van der Waals surface area contributed by atoms with E-state index in [2.05, 4.69) is 0 Å². The number of thioether (sulfide) groups is 2. The highest BCUT2D eigenvalue weighted by molar-refractivity contribution is 7.99. The Morgan fingerprint density at radius 2 is 1.53 bits per heavy atom. The Hall–Kier alpha value is -0.800. The maximum Gasteiger partial charge on any atom is 0.200 e. The Kier molecular flexibility index (Phi) is 3.12. The van der Waals surface area contributed by atoms with Gasteiger partial charge in [0.25, 0.3) is 0 Å². The van der Waals surface area contributed by atoms with Crippen molar-refractivity contribution in [3.8, 4) is 5.75 Å². The van der Waals surface area contributed by atoms with Crippen LogP contribution in [0.1, 0.15) is 0 Å². The molecule has 0 fully saturated rings. The third-order valence-electron chi connectivity index (χ3n) is 2.36. The van der Waals surface area contributed by atoms with Crippen molar-refractivity contribution >= 4 is 34.3 Å². The number of fused-ring (bicyclic) bond motifs is 1. The highest BCUT2D eigenvalue weighted by atomic mass is 32.2. The molecule has 0 unspecified atom stereocenters. The molecule has 15 heavy (non-hydrogen) atoms. The van der Waals surface area contributed by atoms with E-state index in [0.29, 0.717) is 0 Å². The van der Waals surface area contributed by atoms with Crippen molar-refractivity contribution in [1.82, 2.24) is 0 Å². The molecule has 1 nitrogen and oxygen atoms in total. The van der Waals surface area contributed by atoms with E-state index in [0.717, 1.165) is 15.7 Å². The molecule has 1 radical (unpaired) electrons. The maximum absolute atomic E-state index is 12.0. The Balaban J connectivity index is 2.84. The van der Waals surface area contributed by atoms with E-state index in [-0.39, 0.29) is 5.75 Å². The van der Waals surface area contributed by atoms with Gasteiger partial charge in [0.2, 0.25) is 0 Å². The van der Waals surface area contributed by atoms with Crippen LogP contribution in [-0.2, 0) is 5.11 Å². The molecule has 0 amide bonds. The van der Waals surface area contributed by atoms with Gasteiger partial charge in [0.15, 0.2) is 5.75 Å². The average molecular weight is 235 g/mol. The van der Waals surface area contributed by atoms with Crippen LogP contribution in [0.2, 0.25) is 0 Å². The fourth-order valence-electron chi connectivity index (χ4n) is 1.61. The van der Waals surface area contributed by atoms with Gasteiger partial charge in [0, 0.05) is 10.3 Å². The largest absolute Gasteiger partial charge is 0.288 e. The molecular weight excluding hydrogens is 224 g/mol. The number of rotatable bonds is 2. The lowest BCUT2D eigenvalue weighted by Gasteiger charge is -2.07. The van der Waals surface area contributed by atoms with Crippen LogP contribution in [0.5, 0.6) is 5.75 Å². The zero-order valence-electron chi connectivity index (χ0n) is 8.61. The molecule has 0 saturated heterocycles. The summed E-state index contributed by atoms with van der Waals surface area (Å²) in [4.78, 5) is 2.01. The molecule has 0 atom stereocenters. The SMILES string of the molecule is CSc1cc(SC)c2ccccc2c1[O]. The second-order valence-electron chi connectivity index (χ2n) is 3.16. The predicted octanol–water partition coefficient (Wildman–Crippen LogP) is 4.43. The number of hydrogen-bond donors (Lipinski definition) is 0. The summed E-state index contributed by atoms with van der Waals surface area (Å²) in [7, 11) is 0. The fourth-order valence-corrected chi connectivity index (χ4v) is 2.85. The van der Waals surface area contributed by atoms with Gasteiger partial charge in [-0.15, -0.1) is 23.5 Å². The average Bonchev–Trinajstić information content (AvgIpc) is 2.30. The van der Waals surface area contributed by atoms with Gasteiger partial charge in [-0.25, -0.2) is 0 Å². The van der Waals surface area contributed by atoms with Crippen molar-refractivity contribution in [2.24, 2.45) is 0 Å². The number of benzene rings is 2. The molecule has 2 aromatic carbocycles. The van der Waals surface area contributed by atoms with Gasteiger partial charge in [0.05, 0.1) is 4.90 Å². The van der Waals surface area contributed by atoms with Crippen LogP contribution in [0, 0.1) is 0 Å². The molecule has 0 N–H and O–H groups in total. The molecule has 0 aliphatic rings. The van der Waals surface area contributed by atoms with Crippen LogP contribution in [0.15, 0.2) is 40.1 Å². The van der Waals surface area contributed by atoms with Crippen molar-refractivity contribution in [3.63, 3.8) is 0 Å². The van der Waals surface area contributed by atoms with Crippen molar-refractivity contribution in [2.45, 2.75) is 9.79 Å². The highest BCUT2D eigenvalue weighted by Gasteiger charge is 2.11. The zero-order valence-corrected chi connectivity index (χ0v) is 10.2. The van der Waals surface area contributed by atoms with Crippen LogP contribution in [0.3, 0.4) is 0 Å². The topological polar surface area (TPSA) is 19.9 Å². The van der Waals surface area contributed by atoms with Gasteiger partial charge in [-0.05, 0) is 24.0 Å². The summed E-state index contributed by atoms with van der Waals surface area (Å²) in [5.74, 6) is 0.149. The summed E-state index contributed by atoms with van der Waals surface area (Å²) in [6.07, 6.45) is 3.98. The van der Waals surface area contributed by atoms with Crippen LogP contribution in [-0.4, -0.2) is 12.5 Å². The van der Waals surface area contributed by atoms with Crippen LogP contribution in [0.25, 0.3) is 10.8 Å². The summed E-state index contributed by atoms with van der Waals surface area (Å²) in [5, 5.41) is 13.9. The molecule has 0 heterocycles. The Bertz CT molecular complexity index is 494. The highest BCUT2D eigenvalue weighted by Crippen LogP contribution is 2.39. The van der Waals surface area contributed by atoms with E-state index in [1.807, 2.05) is 42.8 Å². The summed E-state index contributed by atoms with van der Waals surface area (Å²) >= 11 is 3.20. The smallest absolute Gasteiger partial charge is 0.200 e. The minimum absolute atomic E-state index is 0.149. The predicted molar refractivity (Wildman–Crippen MR) is 67.6 cm³/mol. The molecule has 2 aromatic rings. The Morgan fingerprint density at radius 3 is 2.13 bits per heavy atom.